The molecule has 0 aliphatic heterocycles. The molecule has 0 aliphatic carbocycles. The van der Waals surface area contributed by atoms with E-state index < -0.39 is 23.6 Å². The zero-order chi connectivity index (χ0) is 21.5. The van der Waals surface area contributed by atoms with Crippen LogP contribution in [0.1, 0.15) is 21.8 Å². The number of thiazole rings is 1. The summed E-state index contributed by atoms with van der Waals surface area (Å²) in [4.78, 5) is 8.08. The number of fused-ring (bicyclic) bond motifs is 1. The lowest BCUT2D eigenvalue weighted by Crippen LogP contribution is -2.14. The van der Waals surface area contributed by atoms with Crippen molar-refractivity contribution in [2.24, 2.45) is 0 Å². The molecule has 0 saturated heterocycles. The van der Waals surface area contributed by atoms with Crippen LogP contribution in [0.4, 0.5) is 26.3 Å². The lowest BCUT2D eigenvalue weighted by Gasteiger charge is -2.12. The van der Waals surface area contributed by atoms with Crippen molar-refractivity contribution < 1.29 is 26.3 Å². The summed E-state index contributed by atoms with van der Waals surface area (Å²) in [5.41, 5.74) is -2.70. The average Bonchev–Trinajstić information content (AvgIpc) is 3.34. The Balaban J connectivity index is 1.92. The maximum Gasteiger partial charge on any atom is 0.433 e. The van der Waals surface area contributed by atoms with E-state index in [0.29, 0.717) is 15.6 Å². The highest BCUT2D eigenvalue weighted by Gasteiger charge is 2.36. The molecule has 4 rings (SSSR count). The number of benzene rings is 1. The molecule has 0 atom stereocenters. The molecule has 0 amide bonds. The molecular weight excluding hydrogens is 430 g/mol. The summed E-state index contributed by atoms with van der Waals surface area (Å²) in [7, 11) is 0. The molecule has 1 aromatic carbocycles. The Bertz CT molecular complexity index is 1280. The van der Waals surface area contributed by atoms with Gasteiger partial charge in [0.15, 0.2) is 16.3 Å². The smallest absolute Gasteiger partial charge is 0.236 e. The van der Waals surface area contributed by atoms with Crippen molar-refractivity contribution in [2.75, 3.05) is 0 Å². The predicted octanol–water partition coefficient (Wildman–Crippen LogP) is 5.29. The molecule has 0 aliphatic rings. The molecule has 0 spiro atoms. The second-order valence-electron chi connectivity index (χ2n) is 5.98. The average molecular weight is 438 g/mol. The van der Waals surface area contributed by atoms with Gasteiger partial charge in [-0.05, 0) is 24.1 Å². The summed E-state index contributed by atoms with van der Waals surface area (Å²) in [5.74, 6) is 5.37. The zero-order valence-electron chi connectivity index (χ0n) is 14.6. The fourth-order valence-corrected chi connectivity index (χ4v) is 3.14. The Morgan fingerprint density at radius 2 is 1.77 bits per heavy atom. The van der Waals surface area contributed by atoms with Gasteiger partial charge in [0.2, 0.25) is 0 Å². The molecule has 3 heterocycles. The van der Waals surface area contributed by atoms with Crippen LogP contribution in [-0.4, -0.2) is 19.6 Å². The number of hydrogen-bond donors (Lipinski definition) is 0. The van der Waals surface area contributed by atoms with Gasteiger partial charge in [-0.15, -0.1) is 11.3 Å². The Kier molecular flexibility index (Phi) is 4.74. The Morgan fingerprint density at radius 3 is 2.43 bits per heavy atom. The Labute approximate surface area is 168 Å². The molecule has 0 fully saturated rings. The normalized spacial score (nSPS) is 12.1. The highest BCUT2D eigenvalue weighted by Crippen LogP contribution is 2.35. The molecule has 0 saturated carbocycles. The number of hydrogen-bond acceptors (Lipinski definition) is 4. The van der Waals surface area contributed by atoms with Crippen molar-refractivity contribution in [2.45, 2.75) is 12.4 Å². The maximum atomic E-state index is 13.6. The minimum Gasteiger partial charge on any atom is -0.236 e. The third kappa shape index (κ3) is 3.86. The van der Waals surface area contributed by atoms with Crippen molar-refractivity contribution in [3.05, 3.63) is 69.9 Å². The minimum atomic E-state index is -4.82. The first-order valence-electron chi connectivity index (χ1n) is 8.18. The molecule has 152 valence electrons. The van der Waals surface area contributed by atoms with Gasteiger partial charge >= 0.3 is 12.4 Å². The van der Waals surface area contributed by atoms with Crippen molar-refractivity contribution >= 4 is 17.0 Å². The van der Waals surface area contributed by atoms with E-state index >= 15 is 0 Å². The van der Waals surface area contributed by atoms with E-state index in [2.05, 4.69) is 26.9 Å². The second kappa shape index (κ2) is 7.14. The zero-order valence-corrected chi connectivity index (χ0v) is 15.4. The van der Waals surface area contributed by atoms with E-state index in [-0.39, 0.29) is 22.5 Å². The third-order valence-corrected chi connectivity index (χ3v) is 4.67. The number of halogens is 6. The van der Waals surface area contributed by atoms with Crippen LogP contribution >= 0.6 is 11.3 Å². The first-order valence-corrected chi connectivity index (χ1v) is 9.06. The molecule has 0 bridgehead atoms. The van der Waals surface area contributed by atoms with E-state index in [1.54, 1.807) is 5.38 Å². The Hall–Kier alpha value is -3.39. The molecule has 30 heavy (non-hydrogen) atoms. The van der Waals surface area contributed by atoms with Gasteiger partial charge in [0.05, 0.1) is 23.0 Å². The van der Waals surface area contributed by atoms with E-state index in [1.807, 2.05) is 0 Å². The van der Waals surface area contributed by atoms with Gasteiger partial charge in [-0.3, -0.25) is 0 Å². The summed E-state index contributed by atoms with van der Waals surface area (Å²) >= 11 is 1.24. The number of rotatable bonds is 1. The van der Waals surface area contributed by atoms with Gasteiger partial charge in [0, 0.05) is 17.1 Å². The van der Waals surface area contributed by atoms with Gasteiger partial charge < -0.3 is 0 Å². The minimum absolute atomic E-state index is 0.0875. The van der Waals surface area contributed by atoms with Crippen LogP contribution in [0.15, 0.2) is 48.1 Å². The van der Waals surface area contributed by atoms with Crippen molar-refractivity contribution in [3.8, 4) is 23.1 Å². The topological polar surface area (TPSA) is 43.1 Å². The summed E-state index contributed by atoms with van der Waals surface area (Å²) in [6.07, 6.45) is -6.82. The van der Waals surface area contributed by atoms with E-state index in [9.17, 15) is 26.3 Å². The quantitative estimate of drug-likeness (QED) is 0.300. The maximum absolute atomic E-state index is 13.6. The van der Waals surface area contributed by atoms with Crippen LogP contribution in [0.5, 0.6) is 0 Å². The molecule has 11 heteroatoms. The van der Waals surface area contributed by atoms with Crippen molar-refractivity contribution in [3.63, 3.8) is 0 Å². The standard InChI is InChI=1S/C19H8F6N4S/c20-18(21,22)13-3-1-2-11(8-13)14-9-15(19(23,24)25)29-17(28-14)12(10-27-29)4-5-16-26-6-7-30-16/h1-3,6-10H. The monoisotopic (exact) mass is 438 g/mol. The molecule has 0 unspecified atom stereocenters. The molecule has 4 aromatic rings. The van der Waals surface area contributed by atoms with Gasteiger partial charge in [-0.2, -0.15) is 31.4 Å². The highest BCUT2D eigenvalue weighted by molar-refractivity contribution is 7.10. The summed E-state index contributed by atoms with van der Waals surface area (Å²) in [5, 5.41) is 5.84. The lowest BCUT2D eigenvalue weighted by molar-refractivity contribution is -0.142. The van der Waals surface area contributed by atoms with Gasteiger partial charge in [-0.25, -0.2) is 14.5 Å². The summed E-state index contributed by atoms with van der Waals surface area (Å²) in [6, 6.07) is 4.60. The fourth-order valence-electron chi connectivity index (χ4n) is 2.66. The molecule has 0 radical (unpaired) electrons. The van der Waals surface area contributed by atoms with Crippen LogP contribution in [-0.2, 0) is 12.4 Å². The summed E-state index contributed by atoms with van der Waals surface area (Å²) < 4.78 is 80.4. The molecule has 3 aromatic heterocycles. The summed E-state index contributed by atoms with van der Waals surface area (Å²) in [6.45, 7) is 0. The van der Waals surface area contributed by atoms with Gasteiger partial charge in [0.25, 0.3) is 0 Å². The van der Waals surface area contributed by atoms with Crippen molar-refractivity contribution in [1.82, 2.24) is 19.6 Å². The SMILES string of the molecule is FC(F)(F)c1cccc(-c2cc(C(F)(F)F)n3ncc(C#Cc4nccs4)c3n2)c1. The number of alkyl halides is 6. The number of aromatic nitrogens is 4. The molecule has 4 nitrogen and oxygen atoms in total. The third-order valence-electron chi connectivity index (χ3n) is 3.98. The predicted molar refractivity (Wildman–Crippen MR) is 96.5 cm³/mol. The lowest BCUT2D eigenvalue weighted by atomic mass is 10.1. The highest BCUT2D eigenvalue weighted by atomic mass is 32.1. The van der Waals surface area contributed by atoms with Crippen LogP contribution < -0.4 is 0 Å². The van der Waals surface area contributed by atoms with Crippen LogP contribution in [0.3, 0.4) is 0 Å². The number of nitrogens with zero attached hydrogens (tertiary/aromatic N) is 4. The second-order valence-corrected chi connectivity index (χ2v) is 6.88. The first kappa shape index (κ1) is 19.9. The van der Waals surface area contributed by atoms with E-state index in [4.69, 9.17) is 0 Å². The van der Waals surface area contributed by atoms with E-state index in [0.717, 1.165) is 24.4 Å². The van der Waals surface area contributed by atoms with Crippen LogP contribution in [0.25, 0.3) is 16.9 Å². The molecule has 0 N–H and O–H groups in total. The molecular formula is C19H8F6N4S. The fraction of sp³-hybridized carbons (Fsp3) is 0.105. The van der Waals surface area contributed by atoms with Crippen LogP contribution in [0, 0.1) is 11.8 Å². The van der Waals surface area contributed by atoms with Gasteiger partial charge in [-0.1, -0.05) is 18.1 Å². The van der Waals surface area contributed by atoms with E-state index in [1.165, 1.54) is 23.6 Å². The van der Waals surface area contributed by atoms with Crippen molar-refractivity contribution in [1.29, 1.82) is 0 Å². The Morgan fingerprint density at radius 1 is 0.967 bits per heavy atom. The van der Waals surface area contributed by atoms with Crippen LogP contribution in [0.2, 0.25) is 0 Å². The largest absolute Gasteiger partial charge is 0.433 e. The first-order chi connectivity index (χ1) is 14.1. The van der Waals surface area contributed by atoms with Gasteiger partial charge in [0.1, 0.15) is 0 Å².